The van der Waals surface area contributed by atoms with E-state index in [0.29, 0.717) is 43.4 Å². The van der Waals surface area contributed by atoms with Gasteiger partial charge in [0.2, 0.25) is 5.91 Å². The second kappa shape index (κ2) is 19.6. The number of carboxylic acids is 1. The Balaban J connectivity index is 0.000000217. The summed E-state index contributed by atoms with van der Waals surface area (Å²) in [4.78, 5) is 29.5. The number of benzene rings is 2. The number of aromatic nitrogens is 5. The van der Waals surface area contributed by atoms with E-state index >= 15 is 0 Å². The molecule has 2 aromatic carbocycles. The van der Waals surface area contributed by atoms with E-state index < -0.39 is 11.9 Å². The Hall–Kier alpha value is -5.08. The zero-order valence-corrected chi connectivity index (χ0v) is 27.2. The summed E-state index contributed by atoms with van der Waals surface area (Å²) >= 11 is 0. The number of rotatable bonds is 18. The molecule has 14 nitrogen and oxygen atoms in total. The number of carboxylic acid groups (broad SMARTS) is 1. The minimum Gasteiger partial charge on any atom is -0.494 e. The predicted molar refractivity (Wildman–Crippen MR) is 178 cm³/mol. The van der Waals surface area contributed by atoms with Crippen molar-refractivity contribution in [1.29, 1.82) is 0 Å². The number of hydrogen-bond acceptors (Lipinski definition) is 11. The van der Waals surface area contributed by atoms with Crippen LogP contribution < -0.4 is 20.5 Å². The highest BCUT2D eigenvalue weighted by atomic mass is 16.5. The molecule has 0 unspecified atom stereocenters. The van der Waals surface area contributed by atoms with Crippen LogP contribution in [0, 0.1) is 0 Å². The van der Waals surface area contributed by atoms with Gasteiger partial charge in [0.1, 0.15) is 30.1 Å². The average Bonchev–Trinajstić information content (AvgIpc) is 3.48. The predicted octanol–water partition coefficient (Wildman–Crippen LogP) is 4.05. The van der Waals surface area contributed by atoms with E-state index in [1.165, 1.54) is 11.9 Å². The van der Waals surface area contributed by atoms with Gasteiger partial charge in [0, 0.05) is 44.3 Å². The van der Waals surface area contributed by atoms with Gasteiger partial charge in [0.15, 0.2) is 11.6 Å². The molecule has 0 spiro atoms. The molecule has 14 heteroatoms. The Morgan fingerprint density at radius 2 is 1.83 bits per heavy atom. The molecule has 4 aromatic rings. The fourth-order valence-electron chi connectivity index (χ4n) is 4.75. The highest BCUT2D eigenvalue weighted by Crippen LogP contribution is 2.28. The van der Waals surface area contributed by atoms with Crippen LogP contribution in [0.5, 0.6) is 11.5 Å². The van der Waals surface area contributed by atoms with Gasteiger partial charge >= 0.3 is 5.97 Å². The fourth-order valence-corrected chi connectivity index (χ4v) is 4.75. The third-order valence-electron chi connectivity index (χ3n) is 7.26. The number of unbranched alkanes of at least 4 members (excludes halogenated alkanes) is 2. The van der Waals surface area contributed by atoms with Crippen LogP contribution in [-0.2, 0) is 34.3 Å². The Bertz CT molecular complexity index is 1580. The average molecular weight is 662 g/mol. The largest absolute Gasteiger partial charge is 0.494 e. The Labute approximate surface area is 279 Å². The van der Waals surface area contributed by atoms with Crippen molar-refractivity contribution in [3.63, 3.8) is 0 Å². The molecule has 3 heterocycles. The van der Waals surface area contributed by atoms with E-state index in [0.717, 1.165) is 74.7 Å². The molecule has 1 amide bonds. The van der Waals surface area contributed by atoms with E-state index in [9.17, 15) is 9.59 Å². The van der Waals surface area contributed by atoms with Crippen LogP contribution in [-0.4, -0.2) is 81.4 Å². The van der Waals surface area contributed by atoms with E-state index in [1.54, 1.807) is 30.5 Å². The number of anilines is 1. The second-order valence-corrected chi connectivity index (χ2v) is 10.9. The smallest absolute Gasteiger partial charge is 0.329 e. The molecule has 0 aliphatic carbocycles. The summed E-state index contributed by atoms with van der Waals surface area (Å²) < 4.78 is 23.7. The number of amides is 1. The number of nitrogens with zero attached hydrogens (tertiary/aromatic N) is 5. The van der Waals surface area contributed by atoms with Gasteiger partial charge in [0.05, 0.1) is 19.8 Å². The molecule has 2 aromatic heterocycles. The monoisotopic (exact) mass is 661 g/mol. The molecule has 1 aliphatic heterocycles. The van der Waals surface area contributed by atoms with E-state index in [2.05, 4.69) is 31.5 Å². The highest BCUT2D eigenvalue weighted by Gasteiger charge is 2.12. The van der Waals surface area contributed by atoms with Crippen LogP contribution in [0.25, 0.3) is 11.5 Å². The summed E-state index contributed by atoms with van der Waals surface area (Å²) in [5.74, 6) is 1.91. The van der Waals surface area contributed by atoms with Crippen molar-refractivity contribution in [3.8, 4) is 23.0 Å². The van der Waals surface area contributed by atoms with Gasteiger partial charge in [-0.3, -0.25) is 4.79 Å². The number of hydrogen-bond donors (Lipinski definition) is 3. The normalized spacial score (nSPS) is 11.9. The molecule has 1 aliphatic rings. The maximum absolute atomic E-state index is 11.2. The lowest BCUT2D eigenvalue weighted by Crippen LogP contribution is -2.12. The van der Waals surface area contributed by atoms with Crippen molar-refractivity contribution in [2.24, 2.45) is 12.8 Å². The maximum atomic E-state index is 11.2. The lowest BCUT2D eigenvalue weighted by molar-refractivity contribution is -0.142. The highest BCUT2D eigenvalue weighted by molar-refractivity contribution is 5.93. The first-order valence-corrected chi connectivity index (χ1v) is 15.9. The summed E-state index contributed by atoms with van der Waals surface area (Å²) in [7, 11) is 1.87. The number of fused-ring (bicyclic) bond motifs is 1. The van der Waals surface area contributed by atoms with Crippen molar-refractivity contribution >= 4 is 17.6 Å². The Morgan fingerprint density at radius 1 is 1.00 bits per heavy atom. The fraction of sp³-hybridized carbons (Fsp3) is 0.412. The first-order chi connectivity index (χ1) is 23.4. The van der Waals surface area contributed by atoms with Crippen LogP contribution in [0.3, 0.4) is 0 Å². The number of nitrogens with two attached hydrogens (primary N) is 1. The number of nitrogens with one attached hydrogen (secondary N) is 1. The molecular formula is C34H43N7O7. The number of primary amides is 1. The van der Waals surface area contributed by atoms with Crippen molar-refractivity contribution in [1.82, 2.24) is 24.7 Å². The number of carbonyl (C=O) groups is 2. The van der Waals surface area contributed by atoms with Gasteiger partial charge < -0.3 is 39.7 Å². The zero-order chi connectivity index (χ0) is 34.0. The molecular weight excluding hydrogens is 618 g/mol. The first kappa shape index (κ1) is 35.8. The van der Waals surface area contributed by atoms with Gasteiger partial charge in [-0.1, -0.05) is 6.07 Å². The summed E-state index contributed by atoms with van der Waals surface area (Å²) in [5.41, 5.74) is 8.46. The number of aliphatic carboxylic acids is 1. The molecule has 48 heavy (non-hydrogen) atoms. The number of carbonyl (C=O) groups excluding carboxylic acids is 1. The summed E-state index contributed by atoms with van der Waals surface area (Å²) in [6, 6.07) is 14.8. The summed E-state index contributed by atoms with van der Waals surface area (Å²) in [6.45, 7) is 3.48. The molecule has 5 rings (SSSR count). The Kier molecular flexibility index (Phi) is 14.6. The quantitative estimate of drug-likeness (QED) is 0.130. The lowest BCUT2D eigenvalue weighted by Gasteiger charge is -2.18. The summed E-state index contributed by atoms with van der Waals surface area (Å²) in [5, 5.41) is 19.9. The maximum Gasteiger partial charge on any atom is 0.329 e. The third kappa shape index (κ3) is 11.9. The van der Waals surface area contributed by atoms with Gasteiger partial charge in [-0.25, -0.2) is 14.8 Å². The van der Waals surface area contributed by atoms with E-state index in [1.807, 2.05) is 29.8 Å². The van der Waals surface area contributed by atoms with Crippen molar-refractivity contribution < 1.29 is 33.6 Å². The number of aryl methyl sites for hydroxylation is 1. The van der Waals surface area contributed by atoms with Crippen LogP contribution in [0.15, 0.2) is 61.1 Å². The molecule has 4 N–H and O–H groups in total. The van der Waals surface area contributed by atoms with E-state index in [4.69, 9.17) is 29.8 Å². The van der Waals surface area contributed by atoms with Gasteiger partial charge in [-0.05, 0) is 86.6 Å². The van der Waals surface area contributed by atoms with E-state index in [-0.39, 0.29) is 6.61 Å². The molecule has 256 valence electrons. The zero-order valence-electron chi connectivity index (χ0n) is 27.2. The number of ether oxygens (including phenoxy) is 4. The van der Waals surface area contributed by atoms with Gasteiger partial charge in [-0.15, -0.1) is 10.2 Å². The SMILES string of the molecule is Cn1c(CNc2cccc(C(N)=O)c2)nnc1-c1ccncn1.O=C(O)COCCCOCCCCCOc1ccc2c(c1)CCCO2. The van der Waals surface area contributed by atoms with Gasteiger partial charge in [-0.2, -0.15) is 0 Å². The third-order valence-corrected chi connectivity index (χ3v) is 7.26. The second-order valence-electron chi connectivity index (χ2n) is 10.9. The molecule has 0 saturated carbocycles. The lowest BCUT2D eigenvalue weighted by atomic mass is 10.1. The molecule has 0 saturated heterocycles. The Morgan fingerprint density at radius 3 is 2.65 bits per heavy atom. The van der Waals surface area contributed by atoms with Gasteiger partial charge in [0.25, 0.3) is 0 Å². The standard InChI is InChI=1S/C19H28O6.C15H15N7O/c20-19(21)15-23-11-5-10-22-9-2-1-3-12-24-17-7-8-18-16(14-17)6-4-13-25-18;1-22-13(20-21-15(22)12-5-6-17-9-19-12)8-18-11-4-2-3-10(7-11)14(16)23/h7-8,14H,1-6,9-13,15H2,(H,20,21);2-7,9,18H,8H2,1H3,(H2,16,23). The van der Waals surface area contributed by atoms with Crippen LogP contribution in [0.1, 0.15) is 53.8 Å². The molecule has 0 radical (unpaired) electrons. The first-order valence-electron chi connectivity index (χ1n) is 15.9. The minimum atomic E-state index is -0.938. The van der Waals surface area contributed by atoms with Crippen LogP contribution >= 0.6 is 0 Å². The molecule has 0 bridgehead atoms. The van der Waals surface area contributed by atoms with Crippen LogP contribution in [0.2, 0.25) is 0 Å². The molecule has 0 fully saturated rings. The van der Waals surface area contributed by atoms with Crippen molar-refractivity contribution in [2.75, 3.05) is 45.0 Å². The van der Waals surface area contributed by atoms with Crippen molar-refractivity contribution in [2.45, 2.75) is 45.1 Å². The van der Waals surface area contributed by atoms with Crippen LogP contribution in [0.4, 0.5) is 5.69 Å². The van der Waals surface area contributed by atoms with Crippen molar-refractivity contribution in [3.05, 3.63) is 78.0 Å². The minimum absolute atomic E-state index is 0.239. The molecule has 0 atom stereocenters. The summed E-state index contributed by atoms with van der Waals surface area (Å²) in [6.07, 6.45) is 9.03. The topological polar surface area (TPSA) is 186 Å².